The molecule has 0 aliphatic carbocycles. The molecule has 1 aliphatic heterocycles. The first-order chi connectivity index (χ1) is 17.1. The van der Waals surface area contributed by atoms with E-state index in [1.807, 2.05) is 48.5 Å². The van der Waals surface area contributed by atoms with E-state index in [4.69, 9.17) is 4.74 Å². The summed E-state index contributed by atoms with van der Waals surface area (Å²) in [6, 6.07) is 30.2. The van der Waals surface area contributed by atoms with E-state index in [1.54, 1.807) is 6.07 Å². The summed E-state index contributed by atoms with van der Waals surface area (Å²) in [5.41, 5.74) is 3.83. The Morgan fingerprint density at radius 3 is 2.43 bits per heavy atom. The van der Waals surface area contributed by atoms with Crippen LogP contribution in [0.2, 0.25) is 0 Å². The highest BCUT2D eigenvalue weighted by Crippen LogP contribution is 2.23. The maximum absolute atomic E-state index is 12.9. The molecule has 0 aromatic heterocycles. The van der Waals surface area contributed by atoms with Gasteiger partial charge in [-0.1, -0.05) is 60.7 Å². The van der Waals surface area contributed by atoms with Gasteiger partial charge in [-0.3, -0.25) is 4.79 Å². The third-order valence-corrected chi connectivity index (χ3v) is 7.04. The summed E-state index contributed by atoms with van der Waals surface area (Å²) in [6.07, 6.45) is 3.99. The number of nitrogens with zero attached hydrogens (tertiary/aromatic N) is 1. The van der Waals surface area contributed by atoms with Crippen molar-refractivity contribution in [3.8, 4) is 5.75 Å². The third-order valence-electron chi connectivity index (χ3n) is 7.04. The molecule has 1 fully saturated rings. The Bertz CT molecular complexity index is 1300. The topological polar surface area (TPSA) is 38.3 Å². The standard InChI is InChI=1S/C31H32N2O2/c1-33(19-5-2-6-20-33)22-24-15-17-28(18-16-24)32-31(34)26-11-8-13-29(21-26)35-23-27-12-7-10-25-9-3-4-14-30(25)27/h3-4,7-18,21H,2,5-6,19-20,22-23H2,1H3/p+1. The molecular formula is C31H33N2O2+. The smallest absolute Gasteiger partial charge is 0.255 e. The number of quaternary nitrogens is 1. The molecule has 1 N–H and O–H groups in total. The zero-order valence-electron chi connectivity index (χ0n) is 20.4. The van der Waals surface area contributed by atoms with Crippen LogP contribution in [-0.4, -0.2) is 30.5 Å². The number of benzene rings is 4. The van der Waals surface area contributed by atoms with E-state index < -0.39 is 0 Å². The van der Waals surface area contributed by atoms with Crippen molar-refractivity contribution in [3.05, 3.63) is 108 Å². The number of ether oxygens (including phenoxy) is 1. The van der Waals surface area contributed by atoms with Gasteiger partial charge in [0.05, 0.1) is 20.1 Å². The normalized spacial score (nSPS) is 15.0. The molecule has 0 radical (unpaired) electrons. The lowest BCUT2D eigenvalue weighted by molar-refractivity contribution is -0.926. The molecule has 0 unspecified atom stereocenters. The summed E-state index contributed by atoms with van der Waals surface area (Å²) in [5.74, 6) is 0.544. The predicted octanol–water partition coefficient (Wildman–Crippen LogP) is 6.80. The first kappa shape index (κ1) is 23.1. The molecule has 4 aromatic carbocycles. The molecule has 0 saturated carbocycles. The minimum atomic E-state index is -0.136. The molecule has 4 aromatic rings. The van der Waals surface area contributed by atoms with E-state index in [0.717, 1.165) is 22.3 Å². The lowest BCUT2D eigenvalue weighted by Gasteiger charge is -2.37. The van der Waals surface area contributed by atoms with Gasteiger partial charge in [0.1, 0.15) is 18.9 Å². The number of amides is 1. The van der Waals surface area contributed by atoms with Crippen molar-refractivity contribution in [3.63, 3.8) is 0 Å². The molecular weight excluding hydrogens is 432 g/mol. The lowest BCUT2D eigenvalue weighted by atomic mass is 10.1. The van der Waals surface area contributed by atoms with Gasteiger partial charge >= 0.3 is 0 Å². The van der Waals surface area contributed by atoms with Crippen LogP contribution in [0.5, 0.6) is 5.75 Å². The van der Waals surface area contributed by atoms with Gasteiger partial charge in [-0.05, 0) is 65.9 Å². The van der Waals surface area contributed by atoms with Crippen molar-refractivity contribution in [1.29, 1.82) is 0 Å². The minimum absolute atomic E-state index is 0.136. The summed E-state index contributed by atoms with van der Waals surface area (Å²) < 4.78 is 7.17. The van der Waals surface area contributed by atoms with E-state index in [-0.39, 0.29) is 5.91 Å². The summed E-state index contributed by atoms with van der Waals surface area (Å²) in [5, 5.41) is 5.40. The van der Waals surface area contributed by atoms with E-state index in [0.29, 0.717) is 17.9 Å². The van der Waals surface area contributed by atoms with Gasteiger partial charge in [0.15, 0.2) is 0 Å². The van der Waals surface area contributed by atoms with Crippen LogP contribution in [0.15, 0.2) is 91.0 Å². The number of fused-ring (bicyclic) bond motifs is 1. The summed E-state index contributed by atoms with van der Waals surface area (Å²) >= 11 is 0. The van der Waals surface area contributed by atoms with E-state index >= 15 is 0 Å². The van der Waals surface area contributed by atoms with Crippen molar-refractivity contribution in [2.24, 2.45) is 0 Å². The molecule has 1 heterocycles. The van der Waals surface area contributed by atoms with Crippen LogP contribution in [0.1, 0.15) is 40.7 Å². The molecule has 1 saturated heterocycles. The summed E-state index contributed by atoms with van der Waals surface area (Å²) in [4.78, 5) is 12.9. The number of piperidine rings is 1. The van der Waals surface area contributed by atoms with E-state index in [2.05, 4.69) is 48.8 Å². The predicted molar refractivity (Wildman–Crippen MR) is 143 cm³/mol. The van der Waals surface area contributed by atoms with E-state index in [1.165, 1.54) is 48.7 Å². The van der Waals surface area contributed by atoms with Gasteiger partial charge in [-0.25, -0.2) is 0 Å². The number of carbonyl (C=O) groups is 1. The van der Waals surface area contributed by atoms with Gasteiger partial charge in [0, 0.05) is 16.8 Å². The Morgan fingerprint density at radius 1 is 0.857 bits per heavy atom. The van der Waals surface area contributed by atoms with Crippen molar-refractivity contribution < 1.29 is 14.0 Å². The SMILES string of the molecule is C[N+]1(Cc2ccc(NC(=O)c3cccc(OCc4cccc5ccccc45)c3)cc2)CCCCC1. The average molecular weight is 466 g/mol. The number of hydrogen-bond acceptors (Lipinski definition) is 2. The minimum Gasteiger partial charge on any atom is -0.489 e. The van der Waals surface area contributed by atoms with Gasteiger partial charge in [0.2, 0.25) is 0 Å². The summed E-state index contributed by atoms with van der Waals surface area (Å²) in [6.45, 7) is 3.99. The largest absolute Gasteiger partial charge is 0.489 e. The number of carbonyl (C=O) groups excluding carboxylic acids is 1. The van der Waals surface area contributed by atoms with Gasteiger partial charge < -0.3 is 14.5 Å². The number of likely N-dealkylation sites (tertiary alicyclic amines) is 1. The Kier molecular flexibility index (Phi) is 6.82. The van der Waals surface area contributed by atoms with Crippen molar-refractivity contribution in [2.75, 3.05) is 25.5 Å². The van der Waals surface area contributed by atoms with E-state index in [9.17, 15) is 4.79 Å². The first-order valence-corrected chi connectivity index (χ1v) is 12.5. The van der Waals surface area contributed by atoms with Crippen molar-refractivity contribution >= 4 is 22.4 Å². The van der Waals surface area contributed by atoms with Crippen molar-refractivity contribution in [2.45, 2.75) is 32.4 Å². The molecule has 5 rings (SSSR count). The number of rotatable bonds is 7. The zero-order valence-corrected chi connectivity index (χ0v) is 20.4. The van der Waals surface area contributed by atoms with Crippen LogP contribution in [0.3, 0.4) is 0 Å². The lowest BCUT2D eigenvalue weighted by Crippen LogP contribution is -2.46. The van der Waals surface area contributed by atoms with Gasteiger partial charge in [-0.2, -0.15) is 0 Å². The fourth-order valence-electron chi connectivity index (χ4n) is 5.08. The molecule has 0 spiro atoms. The molecule has 0 bridgehead atoms. The van der Waals surface area contributed by atoms with Crippen LogP contribution in [0.4, 0.5) is 5.69 Å². The molecule has 4 heteroatoms. The fraction of sp³-hybridized carbons (Fsp3) is 0.258. The molecule has 1 aliphatic rings. The Morgan fingerprint density at radius 2 is 1.60 bits per heavy atom. The van der Waals surface area contributed by atoms with Crippen LogP contribution in [-0.2, 0) is 13.2 Å². The van der Waals surface area contributed by atoms with Crippen LogP contribution in [0.25, 0.3) is 10.8 Å². The second-order valence-corrected chi connectivity index (χ2v) is 9.89. The maximum Gasteiger partial charge on any atom is 0.255 e. The highest BCUT2D eigenvalue weighted by atomic mass is 16.5. The molecule has 35 heavy (non-hydrogen) atoms. The average Bonchev–Trinajstić information content (AvgIpc) is 2.89. The second kappa shape index (κ2) is 10.3. The number of nitrogens with one attached hydrogen (secondary N) is 1. The van der Waals surface area contributed by atoms with Crippen LogP contribution < -0.4 is 10.1 Å². The maximum atomic E-state index is 12.9. The third kappa shape index (κ3) is 5.72. The highest BCUT2D eigenvalue weighted by molar-refractivity contribution is 6.04. The number of hydrogen-bond donors (Lipinski definition) is 1. The van der Waals surface area contributed by atoms with Gasteiger partial charge in [-0.15, -0.1) is 0 Å². The Balaban J connectivity index is 1.21. The Labute approximate surface area is 207 Å². The van der Waals surface area contributed by atoms with Gasteiger partial charge in [0.25, 0.3) is 5.91 Å². The fourth-order valence-corrected chi connectivity index (χ4v) is 5.08. The highest BCUT2D eigenvalue weighted by Gasteiger charge is 2.24. The molecule has 0 atom stereocenters. The quantitative estimate of drug-likeness (QED) is 0.305. The molecule has 4 nitrogen and oxygen atoms in total. The second-order valence-electron chi connectivity index (χ2n) is 9.89. The molecule has 1 amide bonds. The summed E-state index contributed by atoms with van der Waals surface area (Å²) in [7, 11) is 2.35. The van der Waals surface area contributed by atoms with Crippen LogP contribution in [0, 0.1) is 0 Å². The zero-order chi connectivity index (χ0) is 24.1. The monoisotopic (exact) mass is 465 g/mol. The Hall–Kier alpha value is -3.63. The number of anilines is 1. The first-order valence-electron chi connectivity index (χ1n) is 12.5. The van der Waals surface area contributed by atoms with Crippen LogP contribution >= 0.6 is 0 Å². The van der Waals surface area contributed by atoms with Crippen molar-refractivity contribution in [1.82, 2.24) is 0 Å². The molecule has 178 valence electrons.